The predicted octanol–water partition coefficient (Wildman–Crippen LogP) is 3.72. The van der Waals surface area contributed by atoms with E-state index in [9.17, 15) is 0 Å². The number of nitrogens with one attached hydrogen (secondary N) is 1. The van der Waals surface area contributed by atoms with E-state index in [1.54, 1.807) is 11.3 Å². The zero-order valence-electron chi connectivity index (χ0n) is 7.71. The quantitative estimate of drug-likeness (QED) is 0.779. The Balaban J connectivity index is 2.26. The van der Waals surface area contributed by atoms with E-state index in [0.717, 1.165) is 6.54 Å². The molecule has 0 atom stereocenters. The van der Waals surface area contributed by atoms with Crippen LogP contribution in [0, 0.1) is 0 Å². The summed E-state index contributed by atoms with van der Waals surface area (Å²) in [4.78, 5) is 0. The van der Waals surface area contributed by atoms with Crippen LogP contribution in [0.3, 0.4) is 0 Å². The molecule has 1 heterocycles. The maximum Gasteiger partial charge on any atom is 0.0347 e. The molecule has 0 aliphatic rings. The minimum atomic E-state index is 1.05. The van der Waals surface area contributed by atoms with Crippen molar-refractivity contribution >= 4 is 27.1 Å². The molecule has 0 radical (unpaired) electrons. The molecule has 1 aromatic carbocycles. The van der Waals surface area contributed by atoms with Gasteiger partial charge in [0.1, 0.15) is 0 Å². The molecule has 1 nitrogen and oxygen atoms in total. The summed E-state index contributed by atoms with van der Waals surface area (Å²) >= 11 is 1.79. The first kappa shape index (κ1) is 8.57. The van der Waals surface area contributed by atoms with Crippen molar-refractivity contribution in [2.75, 3.05) is 11.9 Å². The van der Waals surface area contributed by atoms with Gasteiger partial charge in [-0.25, -0.2) is 0 Å². The average Bonchev–Trinajstić information content (AvgIpc) is 2.61. The van der Waals surface area contributed by atoms with Crippen molar-refractivity contribution < 1.29 is 0 Å². The molecule has 1 N–H and O–H groups in total. The van der Waals surface area contributed by atoms with Crippen LogP contribution in [0.1, 0.15) is 13.3 Å². The Morgan fingerprint density at radius 1 is 1.31 bits per heavy atom. The van der Waals surface area contributed by atoms with Gasteiger partial charge in [0, 0.05) is 16.9 Å². The highest BCUT2D eigenvalue weighted by atomic mass is 32.1. The van der Waals surface area contributed by atoms with Crippen molar-refractivity contribution in [3.8, 4) is 0 Å². The third-order valence-electron chi connectivity index (χ3n) is 2.03. The number of thiophene rings is 1. The van der Waals surface area contributed by atoms with E-state index < -0.39 is 0 Å². The highest BCUT2D eigenvalue weighted by molar-refractivity contribution is 7.17. The summed E-state index contributed by atoms with van der Waals surface area (Å²) in [6.45, 7) is 3.23. The average molecular weight is 191 g/mol. The second kappa shape index (κ2) is 3.79. The lowest BCUT2D eigenvalue weighted by Crippen LogP contribution is -1.98. The molecular weight excluding hydrogens is 178 g/mol. The largest absolute Gasteiger partial charge is 0.385 e. The molecule has 0 bridgehead atoms. The summed E-state index contributed by atoms with van der Waals surface area (Å²) in [5, 5.41) is 6.85. The van der Waals surface area contributed by atoms with E-state index in [1.807, 2.05) is 0 Å². The molecule has 0 aliphatic heterocycles. The number of fused-ring (bicyclic) bond motifs is 1. The molecule has 2 aromatic rings. The molecule has 2 heteroatoms. The summed E-state index contributed by atoms with van der Waals surface area (Å²) in [5.74, 6) is 0. The van der Waals surface area contributed by atoms with Gasteiger partial charge in [0.25, 0.3) is 0 Å². The molecular formula is C11H13NS. The Hall–Kier alpha value is -1.02. The van der Waals surface area contributed by atoms with Crippen molar-refractivity contribution in [1.29, 1.82) is 0 Å². The highest BCUT2D eigenvalue weighted by Crippen LogP contribution is 2.23. The summed E-state index contributed by atoms with van der Waals surface area (Å²) in [5.41, 5.74) is 1.23. The lowest BCUT2D eigenvalue weighted by atomic mass is 10.2. The predicted molar refractivity (Wildman–Crippen MR) is 60.6 cm³/mol. The number of hydrogen-bond donors (Lipinski definition) is 1. The molecule has 0 aliphatic carbocycles. The van der Waals surface area contributed by atoms with E-state index in [0.29, 0.717) is 0 Å². The third-order valence-corrected chi connectivity index (χ3v) is 2.93. The Labute approximate surface area is 82.4 Å². The SMILES string of the molecule is CCCNc1ccc2sccc2c1. The third kappa shape index (κ3) is 1.83. The van der Waals surface area contributed by atoms with Gasteiger partial charge in [-0.2, -0.15) is 0 Å². The van der Waals surface area contributed by atoms with E-state index in [-0.39, 0.29) is 0 Å². The van der Waals surface area contributed by atoms with Crippen LogP contribution in [-0.4, -0.2) is 6.54 Å². The van der Waals surface area contributed by atoms with Gasteiger partial charge in [-0.05, 0) is 41.5 Å². The molecule has 0 saturated carbocycles. The number of benzene rings is 1. The first-order chi connectivity index (χ1) is 6.40. The summed E-state index contributed by atoms with van der Waals surface area (Å²) in [6.07, 6.45) is 1.17. The van der Waals surface area contributed by atoms with Crippen LogP contribution in [0.25, 0.3) is 10.1 Å². The highest BCUT2D eigenvalue weighted by Gasteiger charge is 1.95. The van der Waals surface area contributed by atoms with Crippen LogP contribution in [0.2, 0.25) is 0 Å². The van der Waals surface area contributed by atoms with E-state index >= 15 is 0 Å². The van der Waals surface area contributed by atoms with Crippen LogP contribution >= 0.6 is 11.3 Å². The fourth-order valence-electron chi connectivity index (χ4n) is 1.35. The van der Waals surface area contributed by atoms with E-state index in [4.69, 9.17) is 0 Å². The second-order valence-electron chi connectivity index (χ2n) is 3.10. The standard InChI is InChI=1S/C11H13NS/c1-2-6-12-10-3-4-11-9(8-10)5-7-13-11/h3-5,7-8,12H,2,6H2,1H3. The van der Waals surface area contributed by atoms with Gasteiger partial charge in [0.15, 0.2) is 0 Å². The smallest absolute Gasteiger partial charge is 0.0347 e. The summed E-state index contributed by atoms with van der Waals surface area (Å²) < 4.78 is 1.36. The minimum absolute atomic E-state index is 1.05. The number of rotatable bonds is 3. The van der Waals surface area contributed by atoms with Gasteiger partial charge in [-0.15, -0.1) is 11.3 Å². The summed E-state index contributed by atoms with van der Waals surface area (Å²) in [7, 11) is 0. The summed E-state index contributed by atoms with van der Waals surface area (Å²) in [6, 6.07) is 8.70. The van der Waals surface area contributed by atoms with Gasteiger partial charge < -0.3 is 5.32 Å². The van der Waals surface area contributed by atoms with Crippen molar-refractivity contribution in [3.63, 3.8) is 0 Å². The van der Waals surface area contributed by atoms with E-state index in [1.165, 1.54) is 22.2 Å². The van der Waals surface area contributed by atoms with Crippen molar-refractivity contribution in [3.05, 3.63) is 29.6 Å². The molecule has 68 valence electrons. The molecule has 2 rings (SSSR count). The van der Waals surface area contributed by atoms with Crippen molar-refractivity contribution in [2.45, 2.75) is 13.3 Å². The number of hydrogen-bond acceptors (Lipinski definition) is 2. The van der Waals surface area contributed by atoms with Crippen LogP contribution in [0.15, 0.2) is 29.6 Å². The monoisotopic (exact) mass is 191 g/mol. The minimum Gasteiger partial charge on any atom is -0.385 e. The molecule has 0 saturated heterocycles. The fraction of sp³-hybridized carbons (Fsp3) is 0.273. The first-order valence-corrected chi connectivity index (χ1v) is 5.49. The molecule has 0 spiro atoms. The first-order valence-electron chi connectivity index (χ1n) is 4.61. The topological polar surface area (TPSA) is 12.0 Å². The second-order valence-corrected chi connectivity index (χ2v) is 4.05. The van der Waals surface area contributed by atoms with Crippen molar-refractivity contribution in [1.82, 2.24) is 0 Å². The van der Waals surface area contributed by atoms with Gasteiger partial charge >= 0.3 is 0 Å². The normalized spacial score (nSPS) is 10.5. The number of anilines is 1. The lowest BCUT2D eigenvalue weighted by molar-refractivity contribution is 0.980. The van der Waals surface area contributed by atoms with Gasteiger partial charge in [-0.1, -0.05) is 6.92 Å². The molecule has 13 heavy (non-hydrogen) atoms. The lowest BCUT2D eigenvalue weighted by Gasteiger charge is -2.03. The zero-order chi connectivity index (χ0) is 9.10. The molecule has 0 fully saturated rings. The molecule has 0 amide bonds. The Kier molecular flexibility index (Phi) is 2.50. The molecule has 0 unspecified atom stereocenters. The van der Waals surface area contributed by atoms with Gasteiger partial charge in [0.05, 0.1) is 0 Å². The maximum atomic E-state index is 3.38. The Bertz CT molecular complexity index is 392. The van der Waals surface area contributed by atoms with Gasteiger partial charge in [-0.3, -0.25) is 0 Å². The van der Waals surface area contributed by atoms with E-state index in [2.05, 4.69) is 41.9 Å². The van der Waals surface area contributed by atoms with Gasteiger partial charge in [0.2, 0.25) is 0 Å². The zero-order valence-corrected chi connectivity index (χ0v) is 8.53. The fourth-order valence-corrected chi connectivity index (χ4v) is 2.12. The molecule has 1 aromatic heterocycles. The van der Waals surface area contributed by atoms with Crippen molar-refractivity contribution in [2.24, 2.45) is 0 Å². The van der Waals surface area contributed by atoms with Crippen LogP contribution in [-0.2, 0) is 0 Å². The van der Waals surface area contributed by atoms with Crippen LogP contribution < -0.4 is 5.32 Å². The Morgan fingerprint density at radius 2 is 2.23 bits per heavy atom. The Morgan fingerprint density at radius 3 is 3.08 bits per heavy atom. The van der Waals surface area contributed by atoms with Crippen LogP contribution in [0.4, 0.5) is 5.69 Å². The van der Waals surface area contributed by atoms with Crippen LogP contribution in [0.5, 0.6) is 0 Å². The maximum absolute atomic E-state index is 3.38.